The summed E-state index contributed by atoms with van der Waals surface area (Å²) in [5, 5.41) is 9.93. The Hall–Kier alpha value is -2.00. The average Bonchev–Trinajstić information content (AvgIpc) is 2.84. The van der Waals surface area contributed by atoms with Gasteiger partial charge in [-0.1, -0.05) is 35.9 Å². The van der Waals surface area contributed by atoms with Gasteiger partial charge >= 0.3 is 0 Å². The molecule has 0 saturated carbocycles. The zero-order valence-corrected chi connectivity index (χ0v) is 12.7. The Morgan fingerprint density at radius 2 is 1.76 bits per heavy atom. The first kappa shape index (κ1) is 14.0. The Kier molecular flexibility index (Phi) is 3.84. The summed E-state index contributed by atoms with van der Waals surface area (Å²) in [5.41, 5.74) is 3.56. The fourth-order valence-corrected chi connectivity index (χ4v) is 2.96. The summed E-state index contributed by atoms with van der Waals surface area (Å²) in [6.45, 7) is 7.17. The normalized spacial score (nSPS) is 19.1. The number of aromatic hydroxyl groups is 1. The van der Waals surface area contributed by atoms with Crippen LogP contribution in [0.25, 0.3) is 0 Å². The number of para-hydroxylation sites is 1. The minimum absolute atomic E-state index is 0.340. The van der Waals surface area contributed by atoms with Crippen molar-refractivity contribution in [3.05, 3.63) is 59.7 Å². The minimum atomic E-state index is 0.340. The average molecular weight is 282 g/mol. The number of phenolic OH excluding ortho intramolecular Hbond substituents is 1. The molecule has 3 heteroatoms. The van der Waals surface area contributed by atoms with Crippen molar-refractivity contribution in [2.75, 3.05) is 18.0 Å². The number of anilines is 1. The molecule has 0 bridgehead atoms. The van der Waals surface area contributed by atoms with E-state index in [2.05, 4.69) is 47.9 Å². The van der Waals surface area contributed by atoms with Crippen molar-refractivity contribution in [2.45, 2.75) is 26.6 Å². The van der Waals surface area contributed by atoms with E-state index in [1.807, 2.05) is 18.2 Å². The Morgan fingerprint density at radius 3 is 2.48 bits per heavy atom. The Bertz CT molecular complexity index is 609. The molecule has 1 heterocycles. The number of nitrogens with zero attached hydrogens (tertiary/aromatic N) is 2. The van der Waals surface area contributed by atoms with Crippen LogP contribution in [0.3, 0.4) is 0 Å². The highest BCUT2D eigenvalue weighted by atomic mass is 16.3. The first-order valence-corrected chi connectivity index (χ1v) is 7.49. The maximum atomic E-state index is 9.93. The van der Waals surface area contributed by atoms with E-state index in [1.54, 1.807) is 6.07 Å². The van der Waals surface area contributed by atoms with Gasteiger partial charge in [-0.3, -0.25) is 4.90 Å². The van der Waals surface area contributed by atoms with Crippen LogP contribution in [0.2, 0.25) is 0 Å². The molecule has 1 aliphatic rings. The molecule has 110 valence electrons. The molecule has 0 aliphatic carbocycles. The Morgan fingerprint density at radius 1 is 1.05 bits per heavy atom. The van der Waals surface area contributed by atoms with Crippen molar-refractivity contribution in [1.82, 2.24) is 4.90 Å². The van der Waals surface area contributed by atoms with E-state index in [1.165, 1.54) is 11.3 Å². The van der Waals surface area contributed by atoms with Gasteiger partial charge in [0.15, 0.2) is 0 Å². The van der Waals surface area contributed by atoms with E-state index in [4.69, 9.17) is 0 Å². The number of aryl methyl sites for hydroxylation is 1. The lowest BCUT2D eigenvalue weighted by molar-refractivity contribution is 0.258. The molecule has 0 aromatic heterocycles. The van der Waals surface area contributed by atoms with Crippen molar-refractivity contribution in [2.24, 2.45) is 0 Å². The van der Waals surface area contributed by atoms with Crippen LogP contribution in [0.5, 0.6) is 5.75 Å². The van der Waals surface area contributed by atoms with Crippen LogP contribution >= 0.6 is 0 Å². The highest BCUT2D eigenvalue weighted by Gasteiger charge is 2.28. The first-order valence-electron chi connectivity index (χ1n) is 7.49. The van der Waals surface area contributed by atoms with Crippen LogP contribution in [0, 0.1) is 6.92 Å². The summed E-state index contributed by atoms with van der Waals surface area (Å²) in [4.78, 5) is 4.81. The SMILES string of the molecule is Cc1ccc(N2CCN(Cc3ccccc3O)C2C)cc1. The molecule has 0 amide bonds. The Labute approximate surface area is 126 Å². The summed E-state index contributed by atoms with van der Waals surface area (Å²) in [6.07, 6.45) is 0.340. The van der Waals surface area contributed by atoms with Crippen LogP contribution < -0.4 is 4.90 Å². The predicted molar refractivity (Wildman–Crippen MR) is 86.5 cm³/mol. The molecule has 2 aromatic carbocycles. The number of phenols is 1. The van der Waals surface area contributed by atoms with Crippen molar-refractivity contribution >= 4 is 5.69 Å². The molecule has 1 unspecified atom stereocenters. The molecule has 2 aromatic rings. The molecule has 0 radical (unpaired) electrons. The Balaban J connectivity index is 1.73. The second-order valence-electron chi connectivity index (χ2n) is 5.76. The van der Waals surface area contributed by atoms with E-state index < -0.39 is 0 Å². The topological polar surface area (TPSA) is 26.7 Å². The lowest BCUT2D eigenvalue weighted by Gasteiger charge is -2.28. The van der Waals surface area contributed by atoms with Crippen LogP contribution in [-0.2, 0) is 6.54 Å². The van der Waals surface area contributed by atoms with E-state index in [9.17, 15) is 5.11 Å². The smallest absolute Gasteiger partial charge is 0.120 e. The largest absolute Gasteiger partial charge is 0.508 e. The molecular weight excluding hydrogens is 260 g/mol. The molecule has 3 rings (SSSR count). The van der Waals surface area contributed by atoms with Crippen LogP contribution in [0.1, 0.15) is 18.1 Å². The lowest BCUT2D eigenvalue weighted by atomic mass is 10.2. The van der Waals surface area contributed by atoms with Gasteiger partial charge < -0.3 is 10.0 Å². The summed E-state index contributed by atoms with van der Waals surface area (Å²) in [6, 6.07) is 16.3. The van der Waals surface area contributed by atoms with E-state index >= 15 is 0 Å². The lowest BCUT2D eigenvalue weighted by Crippen LogP contribution is -2.35. The molecule has 3 nitrogen and oxygen atoms in total. The standard InChI is InChI=1S/C18H22N2O/c1-14-7-9-17(10-8-14)20-12-11-19(15(20)2)13-16-5-3-4-6-18(16)21/h3-10,15,21H,11-13H2,1-2H3. The van der Waals surface area contributed by atoms with Crippen LogP contribution in [-0.4, -0.2) is 29.3 Å². The number of benzene rings is 2. The molecule has 1 N–H and O–H groups in total. The van der Waals surface area contributed by atoms with Crippen LogP contribution in [0.15, 0.2) is 48.5 Å². The highest BCUT2D eigenvalue weighted by Crippen LogP contribution is 2.26. The summed E-state index contributed by atoms with van der Waals surface area (Å²) >= 11 is 0. The summed E-state index contributed by atoms with van der Waals surface area (Å²) < 4.78 is 0. The maximum absolute atomic E-state index is 9.93. The third kappa shape index (κ3) is 2.88. The molecule has 1 fully saturated rings. The fraction of sp³-hybridized carbons (Fsp3) is 0.333. The summed E-state index contributed by atoms with van der Waals surface area (Å²) in [5.74, 6) is 0.387. The second-order valence-corrected chi connectivity index (χ2v) is 5.76. The maximum Gasteiger partial charge on any atom is 0.120 e. The van der Waals surface area contributed by atoms with Gasteiger partial charge in [-0.25, -0.2) is 0 Å². The van der Waals surface area contributed by atoms with Gasteiger partial charge in [-0.15, -0.1) is 0 Å². The van der Waals surface area contributed by atoms with Crippen molar-refractivity contribution in [1.29, 1.82) is 0 Å². The molecule has 1 aliphatic heterocycles. The van der Waals surface area contributed by atoms with E-state index in [0.717, 1.165) is 25.2 Å². The quantitative estimate of drug-likeness (QED) is 0.935. The van der Waals surface area contributed by atoms with Gasteiger partial charge in [-0.05, 0) is 32.0 Å². The van der Waals surface area contributed by atoms with Gasteiger partial charge in [-0.2, -0.15) is 0 Å². The van der Waals surface area contributed by atoms with Crippen molar-refractivity contribution in [3.8, 4) is 5.75 Å². The number of hydrogen-bond acceptors (Lipinski definition) is 3. The zero-order chi connectivity index (χ0) is 14.8. The minimum Gasteiger partial charge on any atom is -0.508 e. The molecular formula is C18H22N2O. The van der Waals surface area contributed by atoms with E-state index in [-0.39, 0.29) is 0 Å². The third-order valence-electron chi connectivity index (χ3n) is 4.34. The van der Waals surface area contributed by atoms with Crippen molar-refractivity contribution in [3.63, 3.8) is 0 Å². The molecule has 21 heavy (non-hydrogen) atoms. The third-order valence-corrected chi connectivity index (χ3v) is 4.34. The second kappa shape index (κ2) is 5.78. The highest BCUT2D eigenvalue weighted by molar-refractivity contribution is 5.49. The monoisotopic (exact) mass is 282 g/mol. The van der Waals surface area contributed by atoms with Crippen LogP contribution in [0.4, 0.5) is 5.69 Å². The van der Waals surface area contributed by atoms with Gasteiger partial charge in [0.1, 0.15) is 5.75 Å². The fourth-order valence-electron chi connectivity index (χ4n) is 2.96. The van der Waals surface area contributed by atoms with Gasteiger partial charge in [0.2, 0.25) is 0 Å². The van der Waals surface area contributed by atoms with Gasteiger partial charge in [0.25, 0.3) is 0 Å². The van der Waals surface area contributed by atoms with Gasteiger partial charge in [0, 0.05) is 30.9 Å². The number of rotatable bonds is 3. The molecule has 0 spiro atoms. The van der Waals surface area contributed by atoms with Gasteiger partial charge in [0.05, 0.1) is 6.17 Å². The molecule has 1 atom stereocenters. The molecule has 1 saturated heterocycles. The van der Waals surface area contributed by atoms with Crippen molar-refractivity contribution < 1.29 is 5.11 Å². The first-order chi connectivity index (χ1) is 10.1. The number of hydrogen-bond donors (Lipinski definition) is 1. The summed E-state index contributed by atoms with van der Waals surface area (Å²) in [7, 11) is 0. The predicted octanol–water partition coefficient (Wildman–Crippen LogP) is 3.37. The van der Waals surface area contributed by atoms with E-state index in [0.29, 0.717) is 11.9 Å². The zero-order valence-electron chi connectivity index (χ0n) is 12.7.